The molecule has 3 heterocycles. The highest BCUT2D eigenvalue weighted by Crippen LogP contribution is 2.27. The van der Waals surface area contributed by atoms with Crippen LogP contribution in [0.2, 0.25) is 0 Å². The molecule has 0 unspecified atom stereocenters. The minimum absolute atomic E-state index is 0.175. The first kappa shape index (κ1) is 13.2. The molecule has 1 aromatic rings. The molecule has 1 aromatic heterocycles. The first-order valence-electron chi connectivity index (χ1n) is 7.24. The van der Waals surface area contributed by atoms with Gasteiger partial charge in [0.1, 0.15) is 0 Å². The van der Waals surface area contributed by atoms with Crippen LogP contribution in [0, 0.1) is 0 Å². The summed E-state index contributed by atoms with van der Waals surface area (Å²) >= 11 is 0. The highest BCUT2D eigenvalue weighted by atomic mass is 16.2. The van der Waals surface area contributed by atoms with Crippen molar-refractivity contribution in [2.24, 2.45) is 0 Å². The van der Waals surface area contributed by atoms with Crippen molar-refractivity contribution >= 4 is 11.8 Å². The third kappa shape index (κ3) is 2.72. The molecule has 2 fully saturated rings. The monoisotopic (exact) mass is 273 g/mol. The fraction of sp³-hybridized carbons (Fsp3) is 0.533. The number of nitrogens with one attached hydrogen (secondary N) is 2. The Morgan fingerprint density at radius 3 is 2.55 bits per heavy atom. The van der Waals surface area contributed by atoms with E-state index in [9.17, 15) is 9.59 Å². The fourth-order valence-electron chi connectivity index (χ4n) is 2.99. The zero-order valence-corrected chi connectivity index (χ0v) is 11.4. The van der Waals surface area contributed by atoms with E-state index in [4.69, 9.17) is 0 Å². The number of carbonyl (C=O) groups excluding carboxylic acids is 2. The van der Waals surface area contributed by atoms with Crippen LogP contribution in [0.15, 0.2) is 18.3 Å². The Labute approximate surface area is 118 Å². The molecule has 2 aliphatic heterocycles. The molecule has 5 heteroatoms. The van der Waals surface area contributed by atoms with E-state index < -0.39 is 0 Å². The number of imide groups is 1. The topological polar surface area (TPSA) is 71.1 Å². The highest BCUT2D eigenvalue weighted by molar-refractivity contribution is 6.00. The molecule has 0 saturated carbocycles. The average molecular weight is 273 g/mol. The molecule has 20 heavy (non-hydrogen) atoms. The van der Waals surface area contributed by atoms with E-state index in [1.165, 1.54) is 0 Å². The van der Waals surface area contributed by atoms with Crippen LogP contribution >= 0.6 is 0 Å². The molecule has 0 spiro atoms. The first-order chi connectivity index (χ1) is 9.74. The lowest BCUT2D eigenvalue weighted by Crippen LogP contribution is -2.39. The highest BCUT2D eigenvalue weighted by Gasteiger charge is 2.28. The number of aromatic nitrogens is 1. The van der Waals surface area contributed by atoms with Gasteiger partial charge in [0.25, 0.3) is 0 Å². The molecule has 3 rings (SSSR count). The van der Waals surface area contributed by atoms with Crippen LogP contribution < -0.4 is 10.6 Å². The minimum Gasteiger partial charge on any atom is -0.317 e. The summed E-state index contributed by atoms with van der Waals surface area (Å²) in [5, 5.41) is 5.74. The molecule has 2 amide bonds. The van der Waals surface area contributed by atoms with Crippen molar-refractivity contribution in [2.75, 3.05) is 13.1 Å². The number of piperidine rings is 2. The second-order valence-corrected chi connectivity index (χ2v) is 5.54. The van der Waals surface area contributed by atoms with Crippen molar-refractivity contribution in [3.05, 3.63) is 29.6 Å². The van der Waals surface area contributed by atoms with E-state index in [1.807, 2.05) is 12.1 Å². The SMILES string of the molecule is O=C1CC[C@H](c2ccc(C3CCNCC3)nc2)C(=O)N1. The van der Waals surface area contributed by atoms with Gasteiger partial charge in [-0.15, -0.1) is 0 Å². The zero-order valence-electron chi connectivity index (χ0n) is 11.4. The van der Waals surface area contributed by atoms with Crippen molar-refractivity contribution in [3.63, 3.8) is 0 Å². The van der Waals surface area contributed by atoms with Crippen LogP contribution in [-0.2, 0) is 9.59 Å². The Kier molecular flexibility index (Phi) is 3.78. The van der Waals surface area contributed by atoms with Crippen LogP contribution in [-0.4, -0.2) is 29.9 Å². The molecular weight excluding hydrogens is 254 g/mol. The summed E-state index contributed by atoms with van der Waals surface area (Å²) < 4.78 is 0. The van der Waals surface area contributed by atoms with Crippen molar-refractivity contribution in [1.82, 2.24) is 15.6 Å². The van der Waals surface area contributed by atoms with Crippen molar-refractivity contribution < 1.29 is 9.59 Å². The zero-order chi connectivity index (χ0) is 13.9. The lowest BCUT2D eigenvalue weighted by atomic mass is 9.90. The van der Waals surface area contributed by atoms with Gasteiger partial charge < -0.3 is 5.32 Å². The molecule has 106 valence electrons. The first-order valence-corrected chi connectivity index (χ1v) is 7.24. The van der Waals surface area contributed by atoms with Gasteiger partial charge in [0, 0.05) is 24.2 Å². The van der Waals surface area contributed by atoms with Crippen LogP contribution in [0.1, 0.15) is 48.8 Å². The lowest BCUT2D eigenvalue weighted by Gasteiger charge is -2.23. The maximum Gasteiger partial charge on any atom is 0.234 e. The van der Waals surface area contributed by atoms with Gasteiger partial charge in [-0.25, -0.2) is 0 Å². The van der Waals surface area contributed by atoms with E-state index in [2.05, 4.69) is 15.6 Å². The van der Waals surface area contributed by atoms with E-state index >= 15 is 0 Å². The Morgan fingerprint density at radius 2 is 1.90 bits per heavy atom. The maximum atomic E-state index is 11.8. The van der Waals surface area contributed by atoms with Gasteiger partial charge in [0.05, 0.1) is 5.92 Å². The van der Waals surface area contributed by atoms with Gasteiger partial charge in [-0.2, -0.15) is 0 Å². The second kappa shape index (κ2) is 5.71. The van der Waals surface area contributed by atoms with Gasteiger partial charge in [-0.1, -0.05) is 6.07 Å². The summed E-state index contributed by atoms with van der Waals surface area (Å²) in [4.78, 5) is 27.5. The van der Waals surface area contributed by atoms with E-state index in [-0.39, 0.29) is 17.7 Å². The number of hydrogen-bond donors (Lipinski definition) is 2. The second-order valence-electron chi connectivity index (χ2n) is 5.54. The molecule has 0 bridgehead atoms. The normalized spacial score (nSPS) is 24.5. The average Bonchev–Trinajstić information content (AvgIpc) is 2.48. The smallest absolute Gasteiger partial charge is 0.234 e. The van der Waals surface area contributed by atoms with Crippen molar-refractivity contribution in [3.8, 4) is 0 Å². The summed E-state index contributed by atoms with van der Waals surface area (Å²) in [6.45, 7) is 2.09. The lowest BCUT2D eigenvalue weighted by molar-refractivity contribution is -0.134. The molecular formula is C15H19N3O2. The van der Waals surface area contributed by atoms with Gasteiger partial charge >= 0.3 is 0 Å². The quantitative estimate of drug-likeness (QED) is 0.791. The molecule has 0 aromatic carbocycles. The molecule has 2 aliphatic rings. The number of hydrogen-bond acceptors (Lipinski definition) is 4. The largest absolute Gasteiger partial charge is 0.317 e. The summed E-state index contributed by atoms with van der Waals surface area (Å²) in [6.07, 6.45) is 5.03. The van der Waals surface area contributed by atoms with Gasteiger partial charge in [-0.05, 0) is 44.0 Å². The standard InChI is InChI=1S/C15H19N3O2/c19-14-4-2-12(15(20)18-14)11-1-3-13(17-9-11)10-5-7-16-8-6-10/h1,3,9-10,12,16H,2,4-8H2,(H,18,19,20)/t12-/m1/s1. The molecule has 0 radical (unpaired) electrons. The summed E-state index contributed by atoms with van der Waals surface area (Å²) in [5.74, 6) is -0.0856. The van der Waals surface area contributed by atoms with E-state index in [0.717, 1.165) is 37.2 Å². The Hall–Kier alpha value is -1.75. The molecule has 2 saturated heterocycles. The molecule has 0 aliphatic carbocycles. The predicted molar refractivity (Wildman–Crippen MR) is 74.2 cm³/mol. The Balaban J connectivity index is 1.72. The molecule has 2 N–H and O–H groups in total. The summed E-state index contributed by atoms with van der Waals surface area (Å²) in [7, 11) is 0. The van der Waals surface area contributed by atoms with Crippen LogP contribution in [0.5, 0.6) is 0 Å². The minimum atomic E-state index is -0.234. The van der Waals surface area contributed by atoms with Crippen molar-refractivity contribution in [2.45, 2.75) is 37.5 Å². The van der Waals surface area contributed by atoms with Gasteiger partial charge in [0.2, 0.25) is 11.8 Å². The Bertz CT molecular complexity index is 506. The van der Waals surface area contributed by atoms with Crippen LogP contribution in [0.25, 0.3) is 0 Å². The third-order valence-corrected chi connectivity index (χ3v) is 4.21. The van der Waals surface area contributed by atoms with E-state index in [1.54, 1.807) is 6.20 Å². The van der Waals surface area contributed by atoms with Gasteiger partial charge in [-0.3, -0.25) is 19.9 Å². The van der Waals surface area contributed by atoms with E-state index in [0.29, 0.717) is 18.8 Å². The van der Waals surface area contributed by atoms with Crippen LogP contribution in [0.3, 0.4) is 0 Å². The number of nitrogens with zero attached hydrogens (tertiary/aromatic N) is 1. The van der Waals surface area contributed by atoms with Gasteiger partial charge in [0.15, 0.2) is 0 Å². The maximum absolute atomic E-state index is 11.8. The summed E-state index contributed by atoms with van der Waals surface area (Å²) in [5.41, 5.74) is 2.02. The predicted octanol–water partition coefficient (Wildman–Crippen LogP) is 1.07. The Morgan fingerprint density at radius 1 is 1.10 bits per heavy atom. The third-order valence-electron chi connectivity index (χ3n) is 4.21. The van der Waals surface area contributed by atoms with Crippen LogP contribution in [0.4, 0.5) is 0 Å². The fourth-order valence-corrected chi connectivity index (χ4v) is 2.99. The molecule has 5 nitrogen and oxygen atoms in total. The number of rotatable bonds is 2. The number of pyridine rings is 1. The van der Waals surface area contributed by atoms with Crippen molar-refractivity contribution in [1.29, 1.82) is 0 Å². The number of carbonyl (C=O) groups is 2. The molecule has 1 atom stereocenters. The number of amides is 2. The summed E-state index contributed by atoms with van der Waals surface area (Å²) in [6, 6.07) is 4.03.